The van der Waals surface area contributed by atoms with Crippen LogP contribution in [0.3, 0.4) is 0 Å². The summed E-state index contributed by atoms with van der Waals surface area (Å²) in [5.41, 5.74) is 1.10. The number of rotatable bonds is 7. The Balaban J connectivity index is 0.00000338. The van der Waals surface area contributed by atoms with Gasteiger partial charge in [-0.15, -0.1) is 12.4 Å². The fourth-order valence-corrected chi connectivity index (χ4v) is 2.39. The van der Waals surface area contributed by atoms with Crippen LogP contribution < -0.4 is 14.8 Å². The summed E-state index contributed by atoms with van der Waals surface area (Å²) in [5, 5.41) is 3.97. The van der Waals surface area contributed by atoms with Crippen LogP contribution in [0.4, 0.5) is 4.79 Å². The third kappa shape index (κ3) is 6.75. The Bertz CT molecular complexity index is 676. The molecule has 0 spiro atoms. The van der Waals surface area contributed by atoms with E-state index < -0.39 is 6.09 Å². The van der Waals surface area contributed by atoms with E-state index in [1.807, 2.05) is 31.3 Å². The van der Waals surface area contributed by atoms with Gasteiger partial charge >= 0.3 is 6.09 Å². The average Bonchev–Trinajstić information content (AvgIpc) is 2.61. The predicted octanol–water partition coefficient (Wildman–Crippen LogP) is 4.55. The third-order valence-electron chi connectivity index (χ3n) is 3.69. The monoisotopic (exact) mass is 398 g/mol. The summed E-state index contributed by atoms with van der Waals surface area (Å²) >= 11 is 5.86. The van der Waals surface area contributed by atoms with Crippen LogP contribution in [0.5, 0.6) is 11.5 Å². The quantitative estimate of drug-likeness (QED) is 0.742. The van der Waals surface area contributed by atoms with E-state index in [2.05, 4.69) is 5.32 Å². The molecule has 0 aliphatic carbocycles. The second-order valence-corrected chi connectivity index (χ2v) is 6.20. The Morgan fingerprint density at radius 2 is 1.65 bits per heavy atom. The highest BCUT2D eigenvalue weighted by Gasteiger charge is 2.11. The summed E-state index contributed by atoms with van der Waals surface area (Å²) in [6, 6.07) is 14.9. The molecule has 1 N–H and O–H groups in total. The van der Waals surface area contributed by atoms with Crippen LogP contribution in [-0.2, 0) is 0 Å². The molecule has 2 aromatic rings. The van der Waals surface area contributed by atoms with E-state index in [1.54, 1.807) is 38.4 Å². The first-order valence-electron chi connectivity index (χ1n) is 8.04. The zero-order valence-electron chi connectivity index (χ0n) is 15.1. The van der Waals surface area contributed by atoms with Gasteiger partial charge in [0, 0.05) is 31.6 Å². The Morgan fingerprint density at radius 3 is 2.19 bits per heavy atom. The van der Waals surface area contributed by atoms with E-state index in [4.69, 9.17) is 21.1 Å². The fourth-order valence-electron chi connectivity index (χ4n) is 2.26. The number of hydrogen-bond acceptors (Lipinski definition) is 4. The highest BCUT2D eigenvalue weighted by atomic mass is 35.5. The number of ether oxygens (including phenoxy) is 2. The summed E-state index contributed by atoms with van der Waals surface area (Å²) in [5.74, 6) is 1.32. The lowest BCUT2D eigenvalue weighted by atomic mass is 10.0. The third-order valence-corrected chi connectivity index (χ3v) is 3.94. The van der Waals surface area contributed by atoms with Gasteiger partial charge in [0.15, 0.2) is 0 Å². The van der Waals surface area contributed by atoms with Crippen LogP contribution in [0, 0.1) is 0 Å². The first-order valence-corrected chi connectivity index (χ1v) is 8.42. The van der Waals surface area contributed by atoms with Gasteiger partial charge in [0.05, 0.1) is 6.61 Å². The van der Waals surface area contributed by atoms with Crippen molar-refractivity contribution in [1.82, 2.24) is 10.2 Å². The molecule has 0 fully saturated rings. The van der Waals surface area contributed by atoms with Gasteiger partial charge in [0.1, 0.15) is 11.5 Å². The lowest BCUT2D eigenvalue weighted by molar-refractivity contribution is 0.172. The molecule has 142 valence electrons. The van der Waals surface area contributed by atoms with Gasteiger partial charge in [-0.2, -0.15) is 0 Å². The molecule has 1 atom stereocenters. The van der Waals surface area contributed by atoms with Crippen molar-refractivity contribution in [3.63, 3.8) is 0 Å². The summed E-state index contributed by atoms with van der Waals surface area (Å²) < 4.78 is 11.0. The van der Waals surface area contributed by atoms with Gasteiger partial charge in [-0.05, 0) is 49.0 Å². The second kappa shape index (κ2) is 10.9. The molecule has 1 amide bonds. The fraction of sp³-hybridized carbons (Fsp3) is 0.316. The van der Waals surface area contributed by atoms with Crippen molar-refractivity contribution in [2.24, 2.45) is 0 Å². The smallest absolute Gasteiger partial charge is 0.414 e. The molecule has 0 heterocycles. The number of amides is 1. The topological polar surface area (TPSA) is 50.8 Å². The van der Waals surface area contributed by atoms with E-state index in [-0.39, 0.29) is 18.4 Å². The second-order valence-electron chi connectivity index (χ2n) is 5.76. The number of nitrogens with one attached hydrogen (secondary N) is 1. The minimum Gasteiger partial charge on any atom is -0.494 e. The van der Waals surface area contributed by atoms with E-state index in [1.165, 1.54) is 4.90 Å². The minimum absolute atomic E-state index is 0. The number of nitrogens with zero attached hydrogens (tertiary/aromatic N) is 1. The van der Waals surface area contributed by atoms with E-state index in [0.717, 1.165) is 17.7 Å². The van der Waals surface area contributed by atoms with Crippen LogP contribution in [0.15, 0.2) is 48.5 Å². The van der Waals surface area contributed by atoms with E-state index >= 15 is 0 Å². The van der Waals surface area contributed by atoms with Crippen LogP contribution in [0.1, 0.15) is 18.0 Å². The molecule has 0 unspecified atom stereocenters. The molecule has 0 saturated heterocycles. The Morgan fingerprint density at radius 1 is 1.08 bits per heavy atom. The van der Waals surface area contributed by atoms with Gasteiger partial charge in [-0.3, -0.25) is 0 Å². The summed E-state index contributed by atoms with van der Waals surface area (Å²) in [6.45, 7) is 0.574. The first-order chi connectivity index (χ1) is 12.0. The zero-order chi connectivity index (χ0) is 18.2. The van der Waals surface area contributed by atoms with Gasteiger partial charge in [-0.25, -0.2) is 4.79 Å². The van der Waals surface area contributed by atoms with Crippen molar-refractivity contribution in [3.8, 4) is 11.5 Å². The lowest BCUT2D eigenvalue weighted by Gasteiger charge is -2.18. The standard InChI is InChI=1S/C19H23ClN2O3.ClH/c1-21-18(12-13-24-16-10-6-15(20)7-11-16)14-4-8-17(9-5-14)25-19(23)22(2)3;/h4-11,18,21H,12-13H2,1-3H3;1H/t18-;/m1./s1. The SMILES string of the molecule is CN[C@H](CCOc1ccc(Cl)cc1)c1ccc(OC(=O)N(C)C)cc1.Cl. The number of carbonyl (C=O) groups is 1. The zero-order valence-corrected chi connectivity index (χ0v) is 16.6. The largest absolute Gasteiger partial charge is 0.494 e. The molecule has 0 aromatic heterocycles. The number of hydrogen-bond donors (Lipinski definition) is 1. The van der Waals surface area contributed by atoms with Crippen LogP contribution >= 0.6 is 24.0 Å². The normalized spacial score (nSPS) is 11.2. The van der Waals surface area contributed by atoms with Gasteiger partial charge in [-0.1, -0.05) is 23.7 Å². The highest BCUT2D eigenvalue weighted by Crippen LogP contribution is 2.22. The maximum atomic E-state index is 11.6. The van der Waals surface area contributed by atoms with Gasteiger partial charge < -0.3 is 19.7 Å². The summed E-state index contributed by atoms with van der Waals surface area (Å²) in [4.78, 5) is 12.9. The summed E-state index contributed by atoms with van der Waals surface area (Å²) in [6.07, 6.45) is 0.407. The van der Waals surface area contributed by atoms with Crippen molar-refractivity contribution < 1.29 is 14.3 Å². The van der Waals surface area contributed by atoms with Crippen LogP contribution in [0.2, 0.25) is 5.02 Å². The van der Waals surface area contributed by atoms with Crippen molar-refractivity contribution in [2.45, 2.75) is 12.5 Å². The molecule has 26 heavy (non-hydrogen) atoms. The summed E-state index contributed by atoms with van der Waals surface area (Å²) in [7, 11) is 5.20. The number of benzene rings is 2. The van der Waals surface area contributed by atoms with E-state index in [9.17, 15) is 4.79 Å². The maximum Gasteiger partial charge on any atom is 0.414 e. The molecule has 0 aliphatic rings. The Labute approximate surface area is 165 Å². The van der Waals surface area contributed by atoms with Crippen molar-refractivity contribution in [1.29, 1.82) is 0 Å². The molecule has 2 rings (SSSR count). The molecule has 0 aliphatic heterocycles. The molecular formula is C19H24Cl2N2O3. The van der Waals surface area contributed by atoms with Gasteiger partial charge in [0.25, 0.3) is 0 Å². The number of halogens is 2. The molecule has 0 saturated carbocycles. The molecule has 7 heteroatoms. The van der Waals surface area contributed by atoms with E-state index in [0.29, 0.717) is 17.4 Å². The Hall–Kier alpha value is -1.95. The Kier molecular flexibility index (Phi) is 9.27. The first kappa shape index (κ1) is 22.1. The predicted molar refractivity (Wildman–Crippen MR) is 107 cm³/mol. The van der Waals surface area contributed by atoms with Crippen molar-refractivity contribution >= 4 is 30.1 Å². The molecule has 2 aromatic carbocycles. The lowest BCUT2D eigenvalue weighted by Crippen LogP contribution is -2.25. The van der Waals surface area contributed by atoms with Gasteiger partial charge in [0.2, 0.25) is 0 Å². The highest BCUT2D eigenvalue weighted by molar-refractivity contribution is 6.30. The molecule has 0 radical (unpaired) electrons. The average molecular weight is 399 g/mol. The molecule has 0 bridgehead atoms. The van der Waals surface area contributed by atoms with Crippen molar-refractivity contribution in [2.75, 3.05) is 27.7 Å². The molecule has 5 nitrogen and oxygen atoms in total. The minimum atomic E-state index is -0.394. The molecular weight excluding hydrogens is 375 g/mol. The maximum absolute atomic E-state index is 11.6. The number of carbonyl (C=O) groups excluding carboxylic acids is 1. The van der Waals surface area contributed by atoms with Crippen LogP contribution in [-0.4, -0.2) is 38.7 Å². The van der Waals surface area contributed by atoms with Crippen molar-refractivity contribution in [3.05, 3.63) is 59.1 Å². The van der Waals surface area contributed by atoms with Crippen LogP contribution in [0.25, 0.3) is 0 Å².